The molecule has 0 spiro atoms. The van der Waals surface area contributed by atoms with E-state index in [4.69, 9.17) is 0 Å². The van der Waals surface area contributed by atoms with Crippen molar-refractivity contribution in [3.63, 3.8) is 0 Å². The molecule has 1 amide bonds. The Labute approximate surface area is 162 Å². The molecule has 0 fully saturated rings. The lowest BCUT2D eigenvalue weighted by Gasteiger charge is -2.14. The molecule has 2 nitrogen and oxygen atoms in total. The van der Waals surface area contributed by atoms with E-state index in [-0.39, 0.29) is 11.8 Å². The van der Waals surface area contributed by atoms with Gasteiger partial charge < -0.3 is 5.32 Å². The van der Waals surface area contributed by atoms with Crippen molar-refractivity contribution in [3.8, 4) is 11.1 Å². The van der Waals surface area contributed by atoms with Gasteiger partial charge in [-0.3, -0.25) is 4.79 Å². The van der Waals surface area contributed by atoms with Gasteiger partial charge in [0.15, 0.2) is 0 Å². The van der Waals surface area contributed by atoms with E-state index in [0.29, 0.717) is 12.1 Å². The van der Waals surface area contributed by atoms with E-state index in [1.807, 2.05) is 61.5 Å². The van der Waals surface area contributed by atoms with Gasteiger partial charge in [-0.1, -0.05) is 66.7 Å². The van der Waals surface area contributed by atoms with Gasteiger partial charge in [0.25, 0.3) is 0 Å². The average molecular weight is 383 g/mol. The Kier molecular flexibility index (Phi) is 5.83. The number of nitrogens with one attached hydrogen (secondary N) is 1. The Morgan fingerprint density at radius 2 is 1.39 bits per heavy atom. The number of carbonyl (C=O) groups is 1. The smallest absolute Gasteiger partial charge is 0.352 e. The molecule has 28 heavy (non-hydrogen) atoms. The van der Waals surface area contributed by atoms with Crippen molar-refractivity contribution in [2.75, 3.05) is 0 Å². The largest absolute Gasteiger partial charge is 0.416 e. The van der Waals surface area contributed by atoms with Crippen molar-refractivity contribution >= 4 is 5.91 Å². The summed E-state index contributed by atoms with van der Waals surface area (Å²) >= 11 is 0. The molecule has 0 aromatic heterocycles. The van der Waals surface area contributed by atoms with Gasteiger partial charge in [0.05, 0.1) is 11.5 Å². The van der Waals surface area contributed by atoms with E-state index < -0.39 is 11.7 Å². The lowest BCUT2D eigenvalue weighted by molar-refractivity contribution is -0.137. The van der Waals surface area contributed by atoms with Gasteiger partial charge in [0.2, 0.25) is 5.91 Å². The van der Waals surface area contributed by atoms with Crippen molar-refractivity contribution in [3.05, 3.63) is 95.6 Å². The molecular formula is C23H20F3NO. The van der Waals surface area contributed by atoms with E-state index in [9.17, 15) is 18.0 Å². The molecular weight excluding hydrogens is 363 g/mol. The van der Waals surface area contributed by atoms with Crippen LogP contribution in [-0.4, -0.2) is 5.91 Å². The zero-order valence-corrected chi connectivity index (χ0v) is 15.3. The van der Waals surface area contributed by atoms with E-state index in [2.05, 4.69) is 5.32 Å². The summed E-state index contributed by atoms with van der Waals surface area (Å²) in [6, 6.07) is 22.0. The highest BCUT2D eigenvalue weighted by molar-refractivity contribution is 5.83. The Morgan fingerprint density at radius 1 is 0.857 bits per heavy atom. The highest BCUT2D eigenvalue weighted by atomic mass is 19.4. The molecule has 0 aliphatic carbocycles. The first-order valence-corrected chi connectivity index (χ1v) is 8.94. The zero-order valence-electron chi connectivity index (χ0n) is 15.3. The topological polar surface area (TPSA) is 29.1 Å². The summed E-state index contributed by atoms with van der Waals surface area (Å²) in [5.41, 5.74) is 2.70. The molecule has 0 aliphatic rings. The number of alkyl halides is 3. The third-order valence-electron chi connectivity index (χ3n) is 4.66. The van der Waals surface area contributed by atoms with Crippen LogP contribution in [0.25, 0.3) is 11.1 Å². The third kappa shape index (κ3) is 4.80. The van der Waals surface area contributed by atoms with Crippen molar-refractivity contribution in [2.24, 2.45) is 0 Å². The molecule has 1 N–H and O–H groups in total. The molecule has 1 unspecified atom stereocenters. The average Bonchev–Trinajstić information content (AvgIpc) is 2.72. The van der Waals surface area contributed by atoms with Crippen LogP contribution in [0.2, 0.25) is 0 Å². The summed E-state index contributed by atoms with van der Waals surface area (Å²) in [6.45, 7) is 2.29. The third-order valence-corrected chi connectivity index (χ3v) is 4.66. The monoisotopic (exact) mass is 383 g/mol. The van der Waals surface area contributed by atoms with Crippen LogP contribution in [0.15, 0.2) is 78.9 Å². The van der Waals surface area contributed by atoms with E-state index >= 15 is 0 Å². The standard InChI is InChI=1S/C23H20F3NO/c1-16(22(28)27-15-17-5-3-2-4-6-17)18-7-9-19(10-8-18)20-11-13-21(14-12-20)23(24,25)26/h2-14,16H,15H2,1H3,(H,27,28). The second-order valence-electron chi connectivity index (χ2n) is 6.62. The number of rotatable bonds is 5. The lowest BCUT2D eigenvalue weighted by atomic mass is 9.96. The lowest BCUT2D eigenvalue weighted by Crippen LogP contribution is -2.27. The first-order chi connectivity index (χ1) is 13.3. The summed E-state index contributed by atoms with van der Waals surface area (Å²) in [5, 5.41) is 2.92. The summed E-state index contributed by atoms with van der Waals surface area (Å²) in [5.74, 6) is -0.406. The number of amides is 1. The van der Waals surface area contributed by atoms with Gasteiger partial charge >= 0.3 is 6.18 Å². The van der Waals surface area contributed by atoms with Crippen LogP contribution in [0.4, 0.5) is 13.2 Å². The first-order valence-electron chi connectivity index (χ1n) is 8.94. The van der Waals surface area contributed by atoms with E-state index in [1.165, 1.54) is 12.1 Å². The van der Waals surface area contributed by atoms with Crippen LogP contribution < -0.4 is 5.32 Å². The maximum Gasteiger partial charge on any atom is 0.416 e. The summed E-state index contributed by atoms with van der Waals surface area (Å²) < 4.78 is 38.0. The molecule has 0 saturated carbocycles. The first kappa shape index (κ1) is 19.7. The molecule has 0 radical (unpaired) electrons. The highest BCUT2D eigenvalue weighted by Crippen LogP contribution is 2.31. The highest BCUT2D eigenvalue weighted by Gasteiger charge is 2.29. The van der Waals surface area contributed by atoms with E-state index in [0.717, 1.165) is 28.8 Å². The molecule has 1 atom stereocenters. The van der Waals surface area contributed by atoms with Crippen molar-refractivity contribution in [1.29, 1.82) is 0 Å². The SMILES string of the molecule is CC(C(=O)NCc1ccccc1)c1ccc(-c2ccc(C(F)(F)F)cc2)cc1. The van der Waals surface area contributed by atoms with E-state index in [1.54, 1.807) is 0 Å². The summed E-state index contributed by atoms with van der Waals surface area (Å²) in [7, 11) is 0. The van der Waals surface area contributed by atoms with Gasteiger partial charge in [-0.25, -0.2) is 0 Å². The Balaban J connectivity index is 1.65. The Morgan fingerprint density at radius 3 is 1.93 bits per heavy atom. The molecule has 0 bridgehead atoms. The van der Waals surface area contributed by atoms with Gasteiger partial charge in [-0.05, 0) is 41.3 Å². The second kappa shape index (κ2) is 8.30. The van der Waals surface area contributed by atoms with Crippen LogP contribution in [0.1, 0.15) is 29.5 Å². The number of hydrogen-bond donors (Lipinski definition) is 1. The molecule has 144 valence electrons. The van der Waals surface area contributed by atoms with Crippen molar-refractivity contribution in [2.45, 2.75) is 25.6 Å². The Bertz CT molecular complexity index is 917. The second-order valence-corrected chi connectivity index (χ2v) is 6.62. The number of benzene rings is 3. The fraction of sp³-hybridized carbons (Fsp3) is 0.174. The summed E-state index contributed by atoms with van der Waals surface area (Å²) in [6.07, 6.45) is -4.34. The molecule has 3 aromatic rings. The van der Waals surface area contributed by atoms with Crippen LogP contribution in [0, 0.1) is 0 Å². The fourth-order valence-electron chi connectivity index (χ4n) is 2.91. The maximum absolute atomic E-state index is 12.7. The maximum atomic E-state index is 12.7. The molecule has 5 heteroatoms. The van der Waals surface area contributed by atoms with Gasteiger partial charge in [0, 0.05) is 6.54 Å². The van der Waals surface area contributed by atoms with Crippen LogP contribution in [-0.2, 0) is 17.5 Å². The number of hydrogen-bond acceptors (Lipinski definition) is 1. The van der Waals surface area contributed by atoms with Crippen molar-refractivity contribution < 1.29 is 18.0 Å². The normalized spacial score (nSPS) is 12.4. The minimum atomic E-state index is -4.34. The molecule has 0 saturated heterocycles. The molecule has 3 aromatic carbocycles. The minimum Gasteiger partial charge on any atom is -0.352 e. The predicted molar refractivity (Wildman–Crippen MR) is 104 cm³/mol. The summed E-state index contributed by atoms with van der Waals surface area (Å²) in [4.78, 5) is 12.4. The molecule has 0 heterocycles. The van der Waals surface area contributed by atoms with Gasteiger partial charge in [-0.2, -0.15) is 13.2 Å². The van der Waals surface area contributed by atoms with Crippen molar-refractivity contribution in [1.82, 2.24) is 5.32 Å². The van der Waals surface area contributed by atoms with Crippen LogP contribution >= 0.6 is 0 Å². The zero-order chi connectivity index (χ0) is 20.1. The number of carbonyl (C=O) groups excluding carboxylic acids is 1. The van der Waals surface area contributed by atoms with Gasteiger partial charge in [0.1, 0.15) is 0 Å². The van der Waals surface area contributed by atoms with Crippen LogP contribution in [0.5, 0.6) is 0 Å². The molecule has 3 rings (SSSR count). The molecule has 0 aliphatic heterocycles. The van der Waals surface area contributed by atoms with Gasteiger partial charge in [-0.15, -0.1) is 0 Å². The predicted octanol–water partition coefficient (Wildman–Crippen LogP) is 5.79. The van der Waals surface area contributed by atoms with Crippen LogP contribution in [0.3, 0.4) is 0 Å². The quantitative estimate of drug-likeness (QED) is 0.593. The fourth-order valence-corrected chi connectivity index (χ4v) is 2.91. The Hall–Kier alpha value is -3.08. The number of halogens is 3. The minimum absolute atomic E-state index is 0.0777.